The van der Waals surface area contributed by atoms with Crippen LogP contribution in [0.5, 0.6) is 0 Å². The molecule has 4 rings (SSSR count). The minimum atomic E-state index is 0.519. The van der Waals surface area contributed by atoms with Gasteiger partial charge in [-0.15, -0.1) is 0 Å². The SMILES string of the molecule is CC(C)c1ccc(-c2cccc3cnccc23)c2ccccc12. The summed E-state index contributed by atoms with van der Waals surface area (Å²) in [5.41, 5.74) is 3.98. The summed E-state index contributed by atoms with van der Waals surface area (Å²) in [4.78, 5) is 4.25. The summed E-state index contributed by atoms with van der Waals surface area (Å²) in [5, 5.41) is 5.11. The van der Waals surface area contributed by atoms with Gasteiger partial charge in [0, 0.05) is 17.8 Å². The zero-order chi connectivity index (χ0) is 15.8. The van der Waals surface area contributed by atoms with Crippen LogP contribution in [0.15, 0.2) is 73.1 Å². The first-order valence-electron chi connectivity index (χ1n) is 8.10. The van der Waals surface area contributed by atoms with Gasteiger partial charge in [-0.2, -0.15) is 0 Å². The molecule has 0 aliphatic carbocycles. The second kappa shape index (κ2) is 5.51. The lowest BCUT2D eigenvalue weighted by Crippen LogP contribution is -1.92. The second-order valence-electron chi connectivity index (χ2n) is 6.31. The van der Waals surface area contributed by atoms with Crippen LogP contribution >= 0.6 is 0 Å². The van der Waals surface area contributed by atoms with Gasteiger partial charge < -0.3 is 0 Å². The molecule has 0 amide bonds. The van der Waals surface area contributed by atoms with Gasteiger partial charge in [0.2, 0.25) is 0 Å². The van der Waals surface area contributed by atoms with Crippen molar-refractivity contribution in [1.82, 2.24) is 4.98 Å². The highest BCUT2D eigenvalue weighted by molar-refractivity contribution is 6.06. The lowest BCUT2D eigenvalue weighted by atomic mass is 9.89. The van der Waals surface area contributed by atoms with E-state index in [9.17, 15) is 0 Å². The van der Waals surface area contributed by atoms with Crippen LogP contribution in [-0.2, 0) is 0 Å². The average Bonchev–Trinajstić information content (AvgIpc) is 2.60. The largest absolute Gasteiger partial charge is 0.264 e. The maximum Gasteiger partial charge on any atom is 0.0346 e. The molecule has 0 saturated heterocycles. The van der Waals surface area contributed by atoms with Crippen molar-refractivity contribution in [2.45, 2.75) is 19.8 Å². The standard InChI is InChI=1S/C22H19N/c1-15(2)17-10-11-22(21-8-4-3-7-19(17)21)20-9-5-6-16-14-23-13-12-18(16)20/h3-15H,1-2H3. The lowest BCUT2D eigenvalue weighted by Gasteiger charge is -2.15. The molecular formula is C22H19N. The topological polar surface area (TPSA) is 12.9 Å². The number of benzene rings is 3. The van der Waals surface area contributed by atoms with Gasteiger partial charge in [0.1, 0.15) is 0 Å². The number of nitrogens with zero attached hydrogens (tertiary/aromatic N) is 1. The Morgan fingerprint density at radius 2 is 1.48 bits per heavy atom. The van der Waals surface area contributed by atoms with Crippen LogP contribution in [0.3, 0.4) is 0 Å². The predicted molar refractivity (Wildman–Crippen MR) is 98.8 cm³/mol. The van der Waals surface area contributed by atoms with Crippen molar-refractivity contribution in [2.24, 2.45) is 0 Å². The smallest absolute Gasteiger partial charge is 0.0346 e. The van der Waals surface area contributed by atoms with Crippen molar-refractivity contribution in [3.05, 3.63) is 78.6 Å². The van der Waals surface area contributed by atoms with E-state index in [4.69, 9.17) is 0 Å². The van der Waals surface area contributed by atoms with Crippen LogP contribution in [-0.4, -0.2) is 4.98 Å². The van der Waals surface area contributed by atoms with Crippen LogP contribution in [0, 0.1) is 0 Å². The fraction of sp³-hybridized carbons (Fsp3) is 0.136. The first kappa shape index (κ1) is 14.0. The molecule has 3 aromatic carbocycles. The van der Waals surface area contributed by atoms with Crippen molar-refractivity contribution < 1.29 is 0 Å². The highest BCUT2D eigenvalue weighted by Gasteiger charge is 2.11. The quantitative estimate of drug-likeness (QED) is 0.430. The first-order chi connectivity index (χ1) is 11.3. The Morgan fingerprint density at radius 1 is 0.696 bits per heavy atom. The van der Waals surface area contributed by atoms with Gasteiger partial charge >= 0.3 is 0 Å². The van der Waals surface area contributed by atoms with Gasteiger partial charge in [0.05, 0.1) is 0 Å². The molecule has 23 heavy (non-hydrogen) atoms. The molecule has 0 spiro atoms. The molecule has 0 aliphatic heterocycles. The van der Waals surface area contributed by atoms with Crippen LogP contribution < -0.4 is 0 Å². The average molecular weight is 297 g/mol. The Kier molecular flexibility index (Phi) is 3.34. The highest BCUT2D eigenvalue weighted by Crippen LogP contribution is 2.36. The van der Waals surface area contributed by atoms with Gasteiger partial charge in [0.15, 0.2) is 0 Å². The number of rotatable bonds is 2. The molecule has 1 aromatic heterocycles. The normalized spacial score (nSPS) is 11.4. The molecule has 4 aromatic rings. The molecule has 112 valence electrons. The highest BCUT2D eigenvalue weighted by atomic mass is 14.6. The van der Waals surface area contributed by atoms with Gasteiger partial charge in [-0.3, -0.25) is 4.98 Å². The van der Waals surface area contributed by atoms with Crippen LogP contribution in [0.1, 0.15) is 25.3 Å². The first-order valence-corrected chi connectivity index (χ1v) is 8.10. The molecule has 0 unspecified atom stereocenters. The summed E-state index contributed by atoms with van der Waals surface area (Å²) in [5.74, 6) is 0.519. The van der Waals surface area contributed by atoms with Gasteiger partial charge in [-0.1, -0.05) is 68.4 Å². The van der Waals surface area contributed by atoms with Crippen molar-refractivity contribution >= 4 is 21.5 Å². The van der Waals surface area contributed by atoms with E-state index in [1.165, 1.54) is 38.2 Å². The molecule has 0 N–H and O–H groups in total. The maximum absolute atomic E-state index is 4.25. The Balaban J connectivity index is 2.08. The summed E-state index contributed by atoms with van der Waals surface area (Å²) in [6, 6.07) is 21.8. The monoisotopic (exact) mass is 297 g/mol. The lowest BCUT2D eigenvalue weighted by molar-refractivity contribution is 0.876. The van der Waals surface area contributed by atoms with Crippen molar-refractivity contribution in [2.75, 3.05) is 0 Å². The molecule has 0 bridgehead atoms. The van der Waals surface area contributed by atoms with Crippen LogP contribution in [0.25, 0.3) is 32.7 Å². The van der Waals surface area contributed by atoms with E-state index in [1.54, 1.807) is 0 Å². The minimum absolute atomic E-state index is 0.519. The summed E-state index contributed by atoms with van der Waals surface area (Å²) in [6.07, 6.45) is 3.81. The van der Waals surface area contributed by atoms with Gasteiger partial charge in [0.25, 0.3) is 0 Å². The van der Waals surface area contributed by atoms with Crippen molar-refractivity contribution in [1.29, 1.82) is 0 Å². The van der Waals surface area contributed by atoms with E-state index >= 15 is 0 Å². The molecule has 0 aliphatic rings. The molecule has 1 nitrogen and oxygen atoms in total. The molecule has 0 fully saturated rings. The van der Waals surface area contributed by atoms with Crippen LogP contribution in [0.2, 0.25) is 0 Å². The molecule has 1 heterocycles. The molecular weight excluding hydrogens is 278 g/mol. The Morgan fingerprint density at radius 3 is 2.30 bits per heavy atom. The number of pyridine rings is 1. The van der Waals surface area contributed by atoms with Crippen molar-refractivity contribution in [3.63, 3.8) is 0 Å². The summed E-state index contributed by atoms with van der Waals surface area (Å²) in [7, 11) is 0. The number of hydrogen-bond acceptors (Lipinski definition) is 1. The summed E-state index contributed by atoms with van der Waals surface area (Å²) >= 11 is 0. The van der Waals surface area contributed by atoms with E-state index in [0.29, 0.717) is 5.92 Å². The zero-order valence-electron chi connectivity index (χ0n) is 13.5. The van der Waals surface area contributed by atoms with E-state index in [0.717, 1.165) is 0 Å². The van der Waals surface area contributed by atoms with E-state index in [1.807, 2.05) is 12.4 Å². The predicted octanol–water partition coefficient (Wildman–Crippen LogP) is 6.18. The fourth-order valence-electron chi connectivity index (χ4n) is 3.42. The Labute approximate surface area is 136 Å². The molecule has 0 saturated carbocycles. The van der Waals surface area contributed by atoms with Gasteiger partial charge in [-0.05, 0) is 44.8 Å². The number of hydrogen-bond donors (Lipinski definition) is 0. The van der Waals surface area contributed by atoms with Crippen LogP contribution in [0.4, 0.5) is 0 Å². The minimum Gasteiger partial charge on any atom is -0.264 e. The maximum atomic E-state index is 4.25. The molecule has 0 atom stereocenters. The Hall–Kier alpha value is -2.67. The fourth-order valence-corrected chi connectivity index (χ4v) is 3.42. The third kappa shape index (κ3) is 2.29. The summed E-state index contributed by atoms with van der Waals surface area (Å²) in [6.45, 7) is 4.51. The Bertz CT molecular complexity index is 994. The number of fused-ring (bicyclic) bond motifs is 2. The molecule has 1 heteroatoms. The van der Waals surface area contributed by atoms with E-state index in [-0.39, 0.29) is 0 Å². The van der Waals surface area contributed by atoms with Gasteiger partial charge in [-0.25, -0.2) is 0 Å². The van der Waals surface area contributed by atoms with Crippen molar-refractivity contribution in [3.8, 4) is 11.1 Å². The second-order valence-corrected chi connectivity index (χ2v) is 6.31. The van der Waals surface area contributed by atoms with E-state index < -0.39 is 0 Å². The third-order valence-electron chi connectivity index (χ3n) is 4.55. The molecule has 0 radical (unpaired) electrons. The zero-order valence-corrected chi connectivity index (χ0v) is 13.5. The summed E-state index contributed by atoms with van der Waals surface area (Å²) < 4.78 is 0. The third-order valence-corrected chi connectivity index (χ3v) is 4.55. The van der Waals surface area contributed by atoms with E-state index in [2.05, 4.69) is 79.5 Å². The number of aromatic nitrogens is 1.